The maximum atomic E-state index is 12.4. The fourth-order valence-corrected chi connectivity index (χ4v) is 1.42. The Kier molecular flexibility index (Phi) is 5.54. The molecule has 0 aliphatic rings. The van der Waals surface area contributed by atoms with Crippen LogP contribution in [-0.2, 0) is 13.0 Å². The van der Waals surface area contributed by atoms with Crippen LogP contribution < -0.4 is 5.32 Å². The summed E-state index contributed by atoms with van der Waals surface area (Å²) < 4.78 is 42.3. The molecule has 1 N–H and O–H groups in total. The predicted molar refractivity (Wildman–Crippen MR) is 58.9 cm³/mol. The fraction of sp³-hybridized carbons (Fsp3) is 0.800. The van der Waals surface area contributed by atoms with Crippen molar-refractivity contribution in [3.05, 3.63) is 11.8 Å². The van der Waals surface area contributed by atoms with Gasteiger partial charge in [-0.25, -0.2) is 0 Å². The monoisotopic (exact) mass is 266 g/mol. The van der Waals surface area contributed by atoms with Crippen molar-refractivity contribution in [3.63, 3.8) is 0 Å². The van der Waals surface area contributed by atoms with E-state index in [2.05, 4.69) is 15.5 Å². The van der Waals surface area contributed by atoms with Crippen LogP contribution in [0.15, 0.2) is 4.42 Å². The lowest BCUT2D eigenvalue weighted by molar-refractivity contribution is -0.147. The second kappa shape index (κ2) is 6.69. The van der Waals surface area contributed by atoms with Crippen LogP contribution in [0.25, 0.3) is 0 Å². The third-order valence-electron chi connectivity index (χ3n) is 2.25. The molecule has 0 aromatic carbocycles. The first-order valence-corrected chi connectivity index (χ1v) is 5.69. The summed E-state index contributed by atoms with van der Waals surface area (Å²) in [5, 5.41) is 10.3. The van der Waals surface area contributed by atoms with E-state index in [-0.39, 0.29) is 19.0 Å². The molecule has 0 amide bonds. The lowest BCUT2D eigenvalue weighted by atomic mass is 10.4. The van der Waals surface area contributed by atoms with Crippen molar-refractivity contribution < 1.29 is 17.6 Å². The highest BCUT2D eigenvalue weighted by Gasteiger charge is 2.31. The van der Waals surface area contributed by atoms with Gasteiger partial charge in [-0.15, -0.1) is 10.2 Å². The number of nitrogens with one attached hydrogen (secondary N) is 1. The zero-order chi connectivity index (χ0) is 13.6. The molecule has 0 aliphatic heterocycles. The molecule has 1 aromatic rings. The number of likely N-dealkylation sites (N-methyl/N-ethyl adjacent to an activating group) is 1. The molecule has 0 saturated heterocycles. The summed E-state index contributed by atoms with van der Waals surface area (Å²) in [5.41, 5.74) is 0. The van der Waals surface area contributed by atoms with Gasteiger partial charge < -0.3 is 9.73 Å². The Hall–Kier alpha value is -1.15. The number of aromatic nitrogens is 2. The highest BCUT2D eigenvalue weighted by Crippen LogP contribution is 2.17. The Morgan fingerprint density at radius 2 is 1.94 bits per heavy atom. The number of hydrogen-bond acceptors (Lipinski definition) is 5. The van der Waals surface area contributed by atoms with Crippen LogP contribution in [0.5, 0.6) is 0 Å². The van der Waals surface area contributed by atoms with E-state index in [1.165, 1.54) is 4.90 Å². The van der Waals surface area contributed by atoms with Crippen molar-refractivity contribution in [1.29, 1.82) is 0 Å². The molecule has 0 fully saturated rings. The van der Waals surface area contributed by atoms with E-state index in [1.807, 2.05) is 6.92 Å². The Labute approximate surface area is 103 Å². The number of alkyl halides is 3. The van der Waals surface area contributed by atoms with Gasteiger partial charge in [-0.05, 0) is 7.05 Å². The molecule has 8 heteroatoms. The van der Waals surface area contributed by atoms with Crippen molar-refractivity contribution in [2.75, 3.05) is 26.7 Å². The summed E-state index contributed by atoms with van der Waals surface area (Å²) in [6.07, 6.45) is -3.66. The minimum atomic E-state index is -4.23. The maximum Gasteiger partial charge on any atom is 0.401 e. The quantitative estimate of drug-likeness (QED) is 0.804. The predicted octanol–water partition coefficient (Wildman–Crippen LogP) is 1.22. The van der Waals surface area contributed by atoms with Crippen LogP contribution in [0.1, 0.15) is 18.7 Å². The van der Waals surface area contributed by atoms with Gasteiger partial charge in [0.1, 0.15) is 0 Å². The summed E-state index contributed by atoms with van der Waals surface area (Å²) in [4.78, 5) is 1.23. The molecule has 0 saturated carbocycles. The molecule has 104 valence electrons. The minimum Gasteiger partial charge on any atom is -0.424 e. The highest BCUT2D eigenvalue weighted by atomic mass is 19.4. The van der Waals surface area contributed by atoms with Crippen molar-refractivity contribution in [3.8, 4) is 0 Å². The topological polar surface area (TPSA) is 54.2 Å². The van der Waals surface area contributed by atoms with E-state index >= 15 is 0 Å². The van der Waals surface area contributed by atoms with Crippen LogP contribution in [0.3, 0.4) is 0 Å². The molecule has 1 rings (SSSR count). The van der Waals surface area contributed by atoms with E-state index in [0.717, 1.165) is 0 Å². The standard InChI is InChI=1S/C10H17F3N4O/c1-3-8-15-16-9(18-8)6-17(5-4-14-2)7-10(11,12)13/h14H,3-7H2,1-2H3. The third-order valence-corrected chi connectivity index (χ3v) is 2.25. The van der Waals surface area contributed by atoms with Gasteiger partial charge in [-0.1, -0.05) is 6.92 Å². The van der Waals surface area contributed by atoms with Crippen molar-refractivity contribution in [2.24, 2.45) is 0 Å². The van der Waals surface area contributed by atoms with Gasteiger partial charge in [0.15, 0.2) is 0 Å². The number of nitrogens with zero attached hydrogens (tertiary/aromatic N) is 3. The molecule has 0 spiro atoms. The average molecular weight is 266 g/mol. The van der Waals surface area contributed by atoms with Crippen LogP contribution >= 0.6 is 0 Å². The van der Waals surface area contributed by atoms with Gasteiger partial charge in [0, 0.05) is 19.5 Å². The smallest absolute Gasteiger partial charge is 0.401 e. The summed E-state index contributed by atoms with van der Waals surface area (Å²) in [7, 11) is 1.69. The SMILES string of the molecule is CCc1nnc(CN(CCNC)CC(F)(F)F)o1. The number of rotatable bonds is 7. The lowest BCUT2D eigenvalue weighted by Gasteiger charge is -2.21. The first kappa shape index (κ1) is 14.9. The largest absolute Gasteiger partial charge is 0.424 e. The van der Waals surface area contributed by atoms with Crippen molar-refractivity contribution in [1.82, 2.24) is 20.4 Å². The second-order valence-corrected chi connectivity index (χ2v) is 3.87. The fourth-order valence-electron chi connectivity index (χ4n) is 1.42. The average Bonchev–Trinajstić information content (AvgIpc) is 2.71. The second-order valence-electron chi connectivity index (χ2n) is 3.87. The molecule has 1 aromatic heterocycles. The number of aryl methyl sites for hydroxylation is 1. The molecule has 0 atom stereocenters. The van der Waals surface area contributed by atoms with E-state index in [9.17, 15) is 13.2 Å². The molecule has 0 aliphatic carbocycles. The Morgan fingerprint density at radius 3 is 2.44 bits per heavy atom. The van der Waals surface area contributed by atoms with Crippen molar-refractivity contribution >= 4 is 0 Å². The molecular weight excluding hydrogens is 249 g/mol. The number of halogens is 3. The zero-order valence-corrected chi connectivity index (χ0v) is 10.4. The first-order chi connectivity index (χ1) is 8.44. The molecule has 0 unspecified atom stereocenters. The minimum absolute atomic E-state index is 0.00813. The zero-order valence-electron chi connectivity index (χ0n) is 10.4. The molecule has 5 nitrogen and oxygen atoms in total. The van der Waals surface area contributed by atoms with E-state index in [0.29, 0.717) is 18.9 Å². The third kappa shape index (κ3) is 5.46. The Balaban J connectivity index is 2.59. The summed E-state index contributed by atoms with van der Waals surface area (Å²) >= 11 is 0. The van der Waals surface area contributed by atoms with E-state index in [4.69, 9.17) is 4.42 Å². The highest BCUT2D eigenvalue weighted by molar-refractivity contribution is 4.82. The van der Waals surface area contributed by atoms with Crippen LogP contribution in [0.4, 0.5) is 13.2 Å². The normalized spacial score (nSPS) is 12.3. The lowest BCUT2D eigenvalue weighted by Crippen LogP contribution is -2.37. The Morgan fingerprint density at radius 1 is 1.28 bits per heavy atom. The molecule has 18 heavy (non-hydrogen) atoms. The van der Waals surface area contributed by atoms with E-state index in [1.54, 1.807) is 7.05 Å². The Bertz CT molecular complexity index is 353. The van der Waals surface area contributed by atoms with Crippen LogP contribution in [-0.4, -0.2) is 48.0 Å². The molecule has 0 radical (unpaired) electrons. The molecule has 1 heterocycles. The van der Waals surface area contributed by atoms with Gasteiger partial charge in [-0.2, -0.15) is 13.2 Å². The van der Waals surface area contributed by atoms with Gasteiger partial charge in [0.25, 0.3) is 0 Å². The van der Waals surface area contributed by atoms with Gasteiger partial charge in [-0.3, -0.25) is 4.90 Å². The summed E-state index contributed by atoms with van der Waals surface area (Å²) in [6.45, 7) is 1.59. The summed E-state index contributed by atoms with van der Waals surface area (Å²) in [5.74, 6) is 0.651. The number of hydrogen-bond donors (Lipinski definition) is 1. The first-order valence-electron chi connectivity index (χ1n) is 5.69. The maximum absolute atomic E-state index is 12.4. The summed E-state index contributed by atoms with van der Waals surface area (Å²) in [6, 6.07) is 0. The van der Waals surface area contributed by atoms with Crippen LogP contribution in [0, 0.1) is 0 Å². The molecule has 0 bridgehead atoms. The van der Waals surface area contributed by atoms with Crippen LogP contribution in [0.2, 0.25) is 0 Å². The van der Waals surface area contributed by atoms with E-state index < -0.39 is 12.7 Å². The van der Waals surface area contributed by atoms with Gasteiger partial charge in [0.2, 0.25) is 11.8 Å². The van der Waals surface area contributed by atoms with Gasteiger partial charge in [0.05, 0.1) is 13.1 Å². The van der Waals surface area contributed by atoms with Crippen molar-refractivity contribution in [2.45, 2.75) is 26.1 Å². The van der Waals surface area contributed by atoms with Gasteiger partial charge >= 0.3 is 6.18 Å². The molecular formula is C10H17F3N4O.